The molecule has 0 atom stereocenters. The van der Waals surface area contributed by atoms with E-state index in [1.165, 1.54) is 0 Å². The fraction of sp³-hybridized carbons (Fsp3) is 1.00. The SMILES string of the molecule is CCC(C)(C)COCC(C)(C)CNCCS. The maximum Gasteiger partial charge on any atom is 0.0529 e. The summed E-state index contributed by atoms with van der Waals surface area (Å²) >= 11 is 4.18. The van der Waals surface area contributed by atoms with Gasteiger partial charge in [0.05, 0.1) is 13.2 Å². The zero-order valence-corrected chi connectivity index (χ0v) is 12.5. The normalized spacial score (nSPS) is 13.1. The molecule has 1 N–H and O–H groups in total. The Morgan fingerprint density at radius 3 is 2.12 bits per heavy atom. The average molecular weight is 247 g/mol. The van der Waals surface area contributed by atoms with Gasteiger partial charge in [-0.15, -0.1) is 0 Å². The molecule has 16 heavy (non-hydrogen) atoms. The van der Waals surface area contributed by atoms with Crippen molar-refractivity contribution in [2.45, 2.75) is 41.0 Å². The number of ether oxygens (including phenoxy) is 1. The van der Waals surface area contributed by atoms with E-state index in [9.17, 15) is 0 Å². The van der Waals surface area contributed by atoms with Gasteiger partial charge in [-0.05, 0) is 11.8 Å². The van der Waals surface area contributed by atoms with Gasteiger partial charge in [0.1, 0.15) is 0 Å². The van der Waals surface area contributed by atoms with Crippen molar-refractivity contribution in [2.24, 2.45) is 10.8 Å². The van der Waals surface area contributed by atoms with E-state index in [4.69, 9.17) is 4.74 Å². The fourth-order valence-corrected chi connectivity index (χ4v) is 1.42. The highest BCUT2D eigenvalue weighted by molar-refractivity contribution is 7.80. The molecule has 98 valence electrons. The topological polar surface area (TPSA) is 21.3 Å². The first-order chi connectivity index (χ1) is 7.33. The Hall–Kier alpha value is 0.270. The largest absolute Gasteiger partial charge is 0.380 e. The minimum atomic E-state index is 0.201. The highest BCUT2D eigenvalue weighted by Gasteiger charge is 2.20. The molecule has 0 heterocycles. The van der Waals surface area contributed by atoms with Gasteiger partial charge in [-0.3, -0.25) is 0 Å². The van der Waals surface area contributed by atoms with Crippen LogP contribution in [0.1, 0.15) is 41.0 Å². The molecule has 0 saturated heterocycles. The van der Waals surface area contributed by atoms with Crippen molar-refractivity contribution in [3.8, 4) is 0 Å². The molecule has 0 spiro atoms. The van der Waals surface area contributed by atoms with Gasteiger partial charge in [0.25, 0.3) is 0 Å². The third kappa shape index (κ3) is 8.43. The molecule has 2 nitrogen and oxygen atoms in total. The van der Waals surface area contributed by atoms with Gasteiger partial charge in [0.2, 0.25) is 0 Å². The second-order valence-electron chi connectivity index (χ2n) is 6.08. The van der Waals surface area contributed by atoms with Gasteiger partial charge in [-0.1, -0.05) is 34.6 Å². The molecule has 3 heteroatoms. The molecule has 0 aliphatic carbocycles. The summed E-state index contributed by atoms with van der Waals surface area (Å²) in [6.45, 7) is 14.8. The number of hydrogen-bond donors (Lipinski definition) is 2. The van der Waals surface area contributed by atoms with E-state index in [1.807, 2.05) is 0 Å². The van der Waals surface area contributed by atoms with Crippen LogP contribution in [0.2, 0.25) is 0 Å². The lowest BCUT2D eigenvalue weighted by atomic mass is 9.91. The second kappa shape index (κ2) is 7.57. The molecule has 0 bridgehead atoms. The molecule has 0 amide bonds. The van der Waals surface area contributed by atoms with Crippen molar-refractivity contribution >= 4 is 12.6 Å². The first kappa shape index (κ1) is 16.3. The Bertz CT molecular complexity index is 181. The van der Waals surface area contributed by atoms with Crippen LogP contribution in [0.5, 0.6) is 0 Å². The lowest BCUT2D eigenvalue weighted by Gasteiger charge is -2.28. The monoisotopic (exact) mass is 247 g/mol. The maximum atomic E-state index is 5.83. The minimum Gasteiger partial charge on any atom is -0.380 e. The first-order valence-electron chi connectivity index (χ1n) is 6.22. The molecule has 0 unspecified atom stereocenters. The molecule has 0 radical (unpaired) electrons. The van der Waals surface area contributed by atoms with Gasteiger partial charge in [-0.2, -0.15) is 12.6 Å². The summed E-state index contributed by atoms with van der Waals surface area (Å²) in [7, 11) is 0. The lowest BCUT2D eigenvalue weighted by molar-refractivity contribution is 0.0144. The number of thiol groups is 1. The summed E-state index contributed by atoms with van der Waals surface area (Å²) in [5, 5.41) is 3.38. The predicted molar refractivity (Wildman–Crippen MR) is 75.4 cm³/mol. The van der Waals surface area contributed by atoms with Gasteiger partial charge in [-0.25, -0.2) is 0 Å². The van der Waals surface area contributed by atoms with E-state index < -0.39 is 0 Å². The van der Waals surface area contributed by atoms with E-state index in [2.05, 4.69) is 52.6 Å². The highest BCUT2D eigenvalue weighted by Crippen LogP contribution is 2.22. The summed E-state index contributed by atoms with van der Waals surface area (Å²) in [4.78, 5) is 0. The van der Waals surface area contributed by atoms with E-state index in [1.54, 1.807) is 0 Å². The summed E-state index contributed by atoms with van der Waals surface area (Å²) in [5.41, 5.74) is 0.501. The zero-order valence-electron chi connectivity index (χ0n) is 11.6. The molecule has 0 aromatic carbocycles. The van der Waals surface area contributed by atoms with Crippen molar-refractivity contribution in [3.05, 3.63) is 0 Å². The van der Waals surface area contributed by atoms with Crippen molar-refractivity contribution in [3.63, 3.8) is 0 Å². The molecule has 0 aliphatic heterocycles. The summed E-state index contributed by atoms with van der Waals surface area (Å²) in [6.07, 6.45) is 1.16. The maximum absolute atomic E-state index is 5.83. The van der Waals surface area contributed by atoms with Crippen molar-refractivity contribution < 1.29 is 4.74 Å². The van der Waals surface area contributed by atoms with Crippen LogP contribution in [-0.4, -0.2) is 32.1 Å². The third-order valence-corrected chi connectivity index (χ3v) is 3.06. The quantitative estimate of drug-likeness (QED) is 0.483. The van der Waals surface area contributed by atoms with Crippen LogP contribution < -0.4 is 5.32 Å². The Morgan fingerprint density at radius 2 is 1.62 bits per heavy atom. The lowest BCUT2D eigenvalue weighted by Crippen LogP contribution is -2.35. The molecule has 0 aromatic rings. The van der Waals surface area contributed by atoms with Gasteiger partial charge < -0.3 is 10.1 Å². The molecule has 0 rings (SSSR count). The van der Waals surface area contributed by atoms with E-state index >= 15 is 0 Å². The van der Waals surface area contributed by atoms with Crippen LogP contribution in [-0.2, 0) is 4.74 Å². The standard InChI is InChI=1S/C13H29NOS/c1-6-12(2,3)10-15-11-13(4,5)9-14-7-8-16/h14,16H,6-11H2,1-5H3. The Labute approximate surface area is 107 Å². The van der Waals surface area contributed by atoms with Crippen molar-refractivity contribution in [1.29, 1.82) is 0 Å². The molecule has 0 saturated carbocycles. The van der Waals surface area contributed by atoms with Crippen LogP contribution in [0.4, 0.5) is 0 Å². The summed E-state index contributed by atoms with van der Waals surface area (Å²) < 4.78 is 5.83. The Kier molecular flexibility index (Phi) is 7.70. The number of nitrogens with one attached hydrogen (secondary N) is 1. The smallest absolute Gasteiger partial charge is 0.0529 e. The number of hydrogen-bond acceptors (Lipinski definition) is 3. The van der Waals surface area contributed by atoms with Gasteiger partial charge in [0.15, 0.2) is 0 Å². The molecular weight excluding hydrogens is 218 g/mol. The fourth-order valence-electron chi connectivity index (χ4n) is 1.26. The van der Waals surface area contributed by atoms with Crippen LogP contribution >= 0.6 is 12.6 Å². The van der Waals surface area contributed by atoms with Crippen LogP contribution in [0.3, 0.4) is 0 Å². The van der Waals surface area contributed by atoms with Crippen molar-refractivity contribution in [2.75, 3.05) is 32.1 Å². The Balaban J connectivity index is 3.73. The van der Waals surface area contributed by atoms with E-state index in [-0.39, 0.29) is 5.41 Å². The average Bonchev–Trinajstić information content (AvgIpc) is 2.17. The van der Waals surface area contributed by atoms with Crippen LogP contribution in [0.15, 0.2) is 0 Å². The Morgan fingerprint density at radius 1 is 1.06 bits per heavy atom. The van der Waals surface area contributed by atoms with Gasteiger partial charge in [0, 0.05) is 24.3 Å². The van der Waals surface area contributed by atoms with Crippen molar-refractivity contribution in [1.82, 2.24) is 5.32 Å². The molecule has 0 aliphatic rings. The van der Waals surface area contributed by atoms with Crippen LogP contribution in [0, 0.1) is 10.8 Å². The van der Waals surface area contributed by atoms with Gasteiger partial charge >= 0.3 is 0 Å². The molecule has 0 fully saturated rings. The first-order valence-corrected chi connectivity index (χ1v) is 6.85. The van der Waals surface area contributed by atoms with E-state index in [0.29, 0.717) is 5.41 Å². The zero-order chi connectivity index (χ0) is 12.7. The summed E-state index contributed by atoms with van der Waals surface area (Å²) in [6, 6.07) is 0. The molecular formula is C13H29NOS. The molecule has 0 aromatic heterocycles. The highest BCUT2D eigenvalue weighted by atomic mass is 32.1. The summed E-state index contributed by atoms with van der Waals surface area (Å²) in [5.74, 6) is 0.889. The third-order valence-electron chi connectivity index (χ3n) is 2.83. The minimum absolute atomic E-state index is 0.201. The number of rotatable bonds is 9. The van der Waals surface area contributed by atoms with E-state index in [0.717, 1.165) is 38.5 Å². The predicted octanol–water partition coefficient (Wildman–Crippen LogP) is 2.98. The second-order valence-corrected chi connectivity index (χ2v) is 6.52. The van der Waals surface area contributed by atoms with Crippen LogP contribution in [0.25, 0.3) is 0 Å².